The minimum atomic E-state index is -0.0477. The van der Waals surface area contributed by atoms with Crippen molar-refractivity contribution in [3.05, 3.63) is 24.3 Å². The van der Waals surface area contributed by atoms with Crippen LogP contribution in [-0.2, 0) is 0 Å². The fraction of sp³-hybridized carbons (Fsp3) is 0.905. The molecule has 0 heterocycles. The molecule has 0 spiro atoms. The maximum Gasteiger partial charge on any atom is 0.0540 e. The Morgan fingerprint density at radius 1 is 0.326 bits per heavy atom. The molecule has 0 saturated carbocycles. The second-order valence-electron chi connectivity index (χ2n) is 13.9. The summed E-state index contributed by atoms with van der Waals surface area (Å²) in [6.45, 7) is 4.57. The molecule has 0 bridgehead atoms. The highest BCUT2D eigenvalue weighted by Gasteiger charge is 2.04. The van der Waals surface area contributed by atoms with Gasteiger partial charge in [-0.1, -0.05) is 218 Å². The summed E-state index contributed by atoms with van der Waals surface area (Å²) in [6.07, 6.45) is 56.9. The average molecular weight is 603 g/mol. The first kappa shape index (κ1) is 42.4. The quantitative estimate of drug-likeness (QED) is 0.0554. The number of rotatable bonds is 37. The minimum absolute atomic E-state index is 0.0477. The van der Waals surface area contributed by atoms with Gasteiger partial charge < -0.3 is 5.11 Å². The van der Waals surface area contributed by atoms with E-state index >= 15 is 0 Å². The van der Waals surface area contributed by atoms with E-state index in [9.17, 15) is 5.11 Å². The number of hydrogen-bond acceptors (Lipinski definition) is 1. The van der Waals surface area contributed by atoms with Gasteiger partial charge in [-0.15, -0.1) is 0 Å². The lowest BCUT2D eigenvalue weighted by Crippen LogP contribution is -2.05. The zero-order valence-corrected chi connectivity index (χ0v) is 30.1. The predicted octanol–water partition coefficient (Wildman–Crippen LogP) is 15.2. The van der Waals surface area contributed by atoms with E-state index in [1.54, 1.807) is 0 Å². The molecule has 1 nitrogen and oxygen atoms in total. The third-order valence-electron chi connectivity index (χ3n) is 9.38. The normalized spacial score (nSPS) is 12.7. The molecule has 0 aromatic rings. The highest BCUT2D eigenvalue weighted by atomic mass is 16.3. The third-order valence-corrected chi connectivity index (χ3v) is 9.38. The van der Waals surface area contributed by atoms with E-state index in [0.29, 0.717) is 0 Å². The van der Waals surface area contributed by atoms with Crippen molar-refractivity contribution < 1.29 is 5.11 Å². The van der Waals surface area contributed by atoms with E-state index in [1.165, 1.54) is 205 Å². The van der Waals surface area contributed by atoms with Gasteiger partial charge in [0.25, 0.3) is 0 Å². The summed E-state index contributed by atoms with van der Waals surface area (Å²) in [5, 5.41) is 10.3. The summed E-state index contributed by atoms with van der Waals surface area (Å²) in [5.41, 5.74) is 0. The van der Waals surface area contributed by atoms with Gasteiger partial charge in [-0.2, -0.15) is 0 Å². The summed E-state index contributed by atoms with van der Waals surface area (Å²) in [4.78, 5) is 0. The fourth-order valence-corrected chi connectivity index (χ4v) is 6.32. The Morgan fingerprint density at radius 2 is 0.581 bits per heavy atom. The van der Waals surface area contributed by atoms with Crippen LogP contribution in [0.4, 0.5) is 0 Å². The number of unbranched alkanes of at least 4 members (excludes halogenated alkanes) is 29. The molecule has 0 rings (SSSR count). The molecule has 0 saturated heterocycles. The summed E-state index contributed by atoms with van der Waals surface area (Å²) in [5.74, 6) is 0. The van der Waals surface area contributed by atoms with Gasteiger partial charge in [0.1, 0.15) is 0 Å². The molecule has 0 aromatic heterocycles. The molecule has 0 radical (unpaired) electrons. The van der Waals surface area contributed by atoms with Crippen LogP contribution in [0.1, 0.15) is 239 Å². The molecule has 0 aliphatic heterocycles. The molecule has 0 fully saturated rings. The van der Waals surface area contributed by atoms with Gasteiger partial charge in [-0.3, -0.25) is 0 Å². The lowest BCUT2D eigenvalue weighted by Gasteiger charge is -2.10. The largest absolute Gasteiger partial charge is 0.393 e. The second kappa shape index (κ2) is 39.5. The molecular weight excluding hydrogens is 520 g/mol. The first-order chi connectivity index (χ1) is 21.3. The van der Waals surface area contributed by atoms with Crippen molar-refractivity contribution in [3.8, 4) is 0 Å². The van der Waals surface area contributed by atoms with E-state index in [-0.39, 0.29) is 6.10 Å². The Balaban J connectivity index is 3.19. The Morgan fingerprint density at radius 3 is 0.930 bits per heavy atom. The van der Waals surface area contributed by atoms with Crippen LogP contribution in [0.5, 0.6) is 0 Å². The van der Waals surface area contributed by atoms with Crippen LogP contribution in [-0.4, -0.2) is 11.2 Å². The number of hydrogen-bond donors (Lipinski definition) is 1. The maximum absolute atomic E-state index is 10.3. The molecule has 0 aromatic carbocycles. The van der Waals surface area contributed by atoms with Gasteiger partial charge in [0.15, 0.2) is 0 Å². The highest BCUT2D eigenvalue weighted by Crippen LogP contribution is 2.17. The number of allylic oxidation sites excluding steroid dienone is 4. The average Bonchev–Trinajstić information content (AvgIpc) is 3.01. The van der Waals surface area contributed by atoms with Crippen molar-refractivity contribution >= 4 is 0 Å². The standard InChI is InChI=1S/C42H82O/c1-3-5-7-9-11-13-15-17-19-21-22-23-25-27-29-31-33-35-37-39-41-42(43)40-38-36-34-32-30-28-26-24-20-18-16-14-12-10-8-6-4-2/h12,14,18,20,42-43H,3-11,13,15-17,19,21-41H2,1-2H3. The molecule has 1 N–H and O–H groups in total. The Kier molecular flexibility index (Phi) is 39.0. The summed E-state index contributed by atoms with van der Waals surface area (Å²) < 4.78 is 0. The number of aliphatic hydroxyl groups is 1. The van der Waals surface area contributed by atoms with Crippen LogP contribution in [0, 0.1) is 0 Å². The molecule has 43 heavy (non-hydrogen) atoms. The summed E-state index contributed by atoms with van der Waals surface area (Å²) in [6, 6.07) is 0. The lowest BCUT2D eigenvalue weighted by molar-refractivity contribution is 0.147. The first-order valence-electron chi connectivity index (χ1n) is 20.3. The van der Waals surface area contributed by atoms with Gasteiger partial charge in [-0.25, -0.2) is 0 Å². The Labute approximate surface area is 273 Å². The topological polar surface area (TPSA) is 20.2 Å². The fourth-order valence-electron chi connectivity index (χ4n) is 6.32. The minimum Gasteiger partial charge on any atom is -0.393 e. The van der Waals surface area contributed by atoms with Crippen LogP contribution in [0.2, 0.25) is 0 Å². The maximum atomic E-state index is 10.3. The molecule has 1 unspecified atom stereocenters. The monoisotopic (exact) mass is 603 g/mol. The van der Waals surface area contributed by atoms with Gasteiger partial charge in [-0.05, 0) is 44.9 Å². The van der Waals surface area contributed by atoms with Gasteiger partial charge >= 0.3 is 0 Å². The lowest BCUT2D eigenvalue weighted by atomic mass is 10.0. The third kappa shape index (κ3) is 39.4. The molecule has 1 heteroatoms. The van der Waals surface area contributed by atoms with Crippen molar-refractivity contribution in [1.29, 1.82) is 0 Å². The highest BCUT2D eigenvalue weighted by molar-refractivity contribution is 4.92. The number of aliphatic hydroxyl groups excluding tert-OH is 1. The van der Waals surface area contributed by atoms with Gasteiger partial charge in [0, 0.05) is 0 Å². The Hall–Kier alpha value is -0.560. The van der Waals surface area contributed by atoms with Crippen LogP contribution < -0.4 is 0 Å². The Bertz CT molecular complexity index is 535. The van der Waals surface area contributed by atoms with E-state index in [4.69, 9.17) is 0 Å². The first-order valence-corrected chi connectivity index (χ1v) is 20.3. The van der Waals surface area contributed by atoms with Crippen molar-refractivity contribution in [2.75, 3.05) is 0 Å². The van der Waals surface area contributed by atoms with Crippen LogP contribution in [0.3, 0.4) is 0 Å². The molecule has 0 aliphatic carbocycles. The smallest absolute Gasteiger partial charge is 0.0540 e. The van der Waals surface area contributed by atoms with Crippen molar-refractivity contribution in [2.45, 2.75) is 245 Å². The summed E-state index contributed by atoms with van der Waals surface area (Å²) in [7, 11) is 0. The van der Waals surface area contributed by atoms with E-state index in [0.717, 1.165) is 19.3 Å². The molecule has 1 atom stereocenters. The predicted molar refractivity (Wildman–Crippen MR) is 197 cm³/mol. The van der Waals surface area contributed by atoms with Crippen molar-refractivity contribution in [2.24, 2.45) is 0 Å². The summed E-state index contributed by atoms with van der Waals surface area (Å²) >= 11 is 0. The van der Waals surface area contributed by atoms with Gasteiger partial charge in [0.05, 0.1) is 6.10 Å². The van der Waals surface area contributed by atoms with Crippen LogP contribution in [0.25, 0.3) is 0 Å². The molecule has 256 valence electrons. The zero-order valence-electron chi connectivity index (χ0n) is 30.1. The van der Waals surface area contributed by atoms with E-state index in [2.05, 4.69) is 38.2 Å². The SMILES string of the molecule is CCCCCC=CCC=CCCCCCCCCCC(O)CCCCCCCCCCCCCCCCCCCCCC. The van der Waals surface area contributed by atoms with Crippen molar-refractivity contribution in [3.63, 3.8) is 0 Å². The molecule has 0 amide bonds. The van der Waals surface area contributed by atoms with E-state index in [1.807, 2.05) is 0 Å². The van der Waals surface area contributed by atoms with Crippen molar-refractivity contribution in [1.82, 2.24) is 0 Å². The zero-order chi connectivity index (χ0) is 31.2. The van der Waals surface area contributed by atoms with Gasteiger partial charge in [0.2, 0.25) is 0 Å². The van der Waals surface area contributed by atoms with Crippen LogP contribution >= 0.6 is 0 Å². The van der Waals surface area contributed by atoms with E-state index < -0.39 is 0 Å². The van der Waals surface area contributed by atoms with Crippen LogP contribution in [0.15, 0.2) is 24.3 Å². The second-order valence-corrected chi connectivity index (χ2v) is 13.9. The molecular formula is C42H82O. The molecule has 0 aliphatic rings.